The fraction of sp³-hybridized carbons (Fsp3) is 0.476. The Morgan fingerprint density at radius 3 is 2.83 bits per heavy atom. The van der Waals surface area contributed by atoms with Crippen molar-refractivity contribution in [3.63, 3.8) is 0 Å². The van der Waals surface area contributed by atoms with Crippen LogP contribution in [0.3, 0.4) is 0 Å². The Bertz CT molecular complexity index is 965. The molecule has 1 fully saturated rings. The van der Waals surface area contributed by atoms with Gasteiger partial charge in [-0.1, -0.05) is 34.5 Å². The van der Waals surface area contributed by atoms with E-state index in [1.807, 2.05) is 32.3 Å². The summed E-state index contributed by atoms with van der Waals surface area (Å²) < 4.78 is 31.5. The van der Waals surface area contributed by atoms with Crippen LogP contribution in [0.5, 0.6) is 0 Å². The maximum Gasteiger partial charge on any atom is 0.242 e. The van der Waals surface area contributed by atoms with E-state index in [9.17, 15) is 8.42 Å². The van der Waals surface area contributed by atoms with Crippen LogP contribution in [-0.2, 0) is 23.6 Å². The molecule has 1 aromatic carbocycles. The Hall–Kier alpha value is -1.64. The molecule has 0 spiro atoms. The van der Waals surface area contributed by atoms with Gasteiger partial charge in [0, 0.05) is 18.1 Å². The number of nitrogens with zero attached hydrogens (tertiary/aromatic N) is 2. The standard InChI is InChI=1S/C21H29BrN4O2S/c1-3-4-5-6-12-23-19-13-17(22)10-11-21(19)29(27,28)25-15-20-18(14-24-26(20)2)16-8-7-9-16/h3-4,10-11,13-14,16,23,25H,5-9,12,15H2,1-2H3/b4-3+. The fourth-order valence-corrected chi connectivity index (χ4v) is 4.99. The number of rotatable bonds is 10. The molecule has 6 nitrogen and oxygen atoms in total. The maximum absolute atomic E-state index is 13.1. The van der Waals surface area contributed by atoms with Crippen molar-refractivity contribution in [1.29, 1.82) is 0 Å². The quantitative estimate of drug-likeness (QED) is 0.381. The molecule has 29 heavy (non-hydrogen) atoms. The first-order chi connectivity index (χ1) is 13.9. The zero-order valence-electron chi connectivity index (χ0n) is 17.0. The van der Waals surface area contributed by atoms with E-state index in [4.69, 9.17) is 0 Å². The lowest BCUT2D eigenvalue weighted by molar-refractivity contribution is 0.416. The number of unbranched alkanes of at least 4 members (excludes halogenated alkanes) is 1. The van der Waals surface area contributed by atoms with E-state index < -0.39 is 10.0 Å². The summed E-state index contributed by atoms with van der Waals surface area (Å²) >= 11 is 3.44. The minimum Gasteiger partial charge on any atom is -0.384 e. The molecule has 1 saturated carbocycles. The van der Waals surface area contributed by atoms with E-state index in [0.29, 0.717) is 18.2 Å². The molecule has 158 valence electrons. The van der Waals surface area contributed by atoms with E-state index in [1.54, 1.807) is 16.8 Å². The average Bonchev–Trinajstić information content (AvgIpc) is 2.98. The molecular weight excluding hydrogens is 452 g/mol. The van der Waals surface area contributed by atoms with Crippen LogP contribution < -0.4 is 10.0 Å². The topological polar surface area (TPSA) is 76.0 Å². The highest BCUT2D eigenvalue weighted by Crippen LogP contribution is 2.38. The third-order valence-electron chi connectivity index (χ3n) is 5.40. The first-order valence-electron chi connectivity index (χ1n) is 10.1. The number of hydrogen-bond donors (Lipinski definition) is 2. The Kier molecular flexibility index (Phi) is 7.54. The lowest BCUT2D eigenvalue weighted by atomic mass is 9.80. The number of benzene rings is 1. The smallest absolute Gasteiger partial charge is 0.242 e. The molecule has 1 aliphatic carbocycles. The molecule has 0 saturated heterocycles. The van der Waals surface area contributed by atoms with Crippen molar-refractivity contribution in [3.05, 3.63) is 52.3 Å². The van der Waals surface area contributed by atoms with Crippen molar-refractivity contribution in [2.24, 2.45) is 7.05 Å². The normalized spacial score (nSPS) is 15.0. The minimum atomic E-state index is -3.67. The molecule has 0 aliphatic heterocycles. The summed E-state index contributed by atoms with van der Waals surface area (Å²) in [4.78, 5) is 0.263. The Morgan fingerprint density at radius 1 is 1.34 bits per heavy atom. The van der Waals surface area contributed by atoms with Crippen molar-refractivity contribution in [3.8, 4) is 0 Å². The Balaban J connectivity index is 1.73. The van der Waals surface area contributed by atoms with Gasteiger partial charge < -0.3 is 5.32 Å². The van der Waals surface area contributed by atoms with Gasteiger partial charge in [-0.2, -0.15) is 5.10 Å². The van der Waals surface area contributed by atoms with Gasteiger partial charge in [0.2, 0.25) is 10.0 Å². The third-order valence-corrected chi connectivity index (χ3v) is 7.35. The van der Waals surface area contributed by atoms with Gasteiger partial charge in [-0.15, -0.1) is 0 Å². The summed E-state index contributed by atoms with van der Waals surface area (Å²) in [5, 5.41) is 7.62. The first kappa shape index (κ1) is 22.1. The van der Waals surface area contributed by atoms with Gasteiger partial charge in [0.25, 0.3) is 0 Å². The average molecular weight is 481 g/mol. The highest BCUT2D eigenvalue weighted by molar-refractivity contribution is 9.10. The van der Waals surface area contributed by atoms with E-state index in [2.05, 4.69) is 37.1 Å². The van der Waals surface area contributed by atoms with Crippen molar-refractivity contribution in [1.82, 2.24) is 14.5 Å². The second-order valence-corrected chi connectivity index (χ2v) is 10.1. The first-order valence-corrected chi connectivity index (χ1v) is 12.3. The van der Waals surface area contributed by atoms with Crippen molar-refractivity contribution >= 4 is 31.6 Å². The second-order valence-electron chi connectivity index (χ2n) is 7.40. The van der Waals surface area contributed by atoms with Crippen LogP contribution in [0.2, 0.25) is 0 Å². The Labute approximate surface area is 182 Å². The van der Waals surface area contributed by atoms with Crippen molar-refractivity contribution in [2.45, 2.75) is 56.4 Å². The number of anilines is 1. The van der Waals surface area contributed by atoms with Gasteiger partial charge in [-0.05, 0) is 62.3 Å². The predicted octanol–water partition coefficient (Wildman–Crippen LogP) is 4.70. The van der Waals surface area contributed by atoms with Crippen LogP contribution in [0, 0.1) is 0 Å². The number of aromatic nitrogens is 2. The number of allylic oxidation sites excluding steroid dienone is 2. The van der Waals surface area contributed by atoms with E-state index in [1.165, 1.54) is 12.0 Å². The maximum atomic E-state index is 13.1. The molecule has 0 bridgehead atoms. The largest absolute Gasteiger partial charge is 0.384 e. The zero-order valence-corrected chi connectivity index (χ0v) is 19.4. The van der Waals surface area contributed by atoms with Gasteiger partial charge in [0.15, 0.2) is 0 Å². The SMILES string of the molecule is C/C=C/CCCNc1cc(Br)ccc1S(=O)(=O)NCc1c(C2CCC2)cnn1C. The highest BCUT2D eigenvalue weighted by atomic mass is 79.9. The van der Waals surface area contributed by atoms with Crippen molar-refractivity contribution in [2.75, 3.05) is 11.9 Å². The lowest BCUT2D eigenvalue weighted by Gasteiger charge is -2.25. The molecule has 0 unspecified atom stereocenters. The minimum absolute atomic E-state index is 0.238. The van der Waals surface area contributed by atoms with Crippen LogP contribution in [0.1, 0.15) is 56.2 Å². The van der Waals surface area contributed by atoms with Gasteiger partial charge in [-0.25, -0.2) is 13.1 Å². The number of hydrogen-bond acceptors (Lipinski definition) is 4. The van der Waals surface area contributed by atoms with Gasteiger partial charge in [0.1, 0.15) is 4.90 Å². The molecule has 8 heteroatoms. The molecule has 1 aliphatic rings. The second kappa shape index (κ2) is 9.91. The summed E-state index contributed by atoms with van der Waals surface area (Å²) in [5.74, 6) is 0.505. The van der Waals surface area contributed by atoms with Gasteiger partial charge >= 0.3 is 0 Å². The summed E-state index contributed by atoms with van der Waals surface area (Å²) in [6, 6.07) is 5.20. The van der Waals surface area contributed by atoms with Gasteiger partial charge in [-0.3, -0.25) is 4.68 Å². The lowest BCUT2D eigenvalue weighted by Crippen LogP contribution is -2.26. The Morgan fingerprint density at radius 2 is 2.14 bits per heavy atom. The van der Waals surface area contributed by atoms with E-state index >= 15 is 0 Å². The zero-order chi connectivity index (χ0) is 20.9. The van der Waals surface area contributed by atoms with Crippen LogP contribution in [0.4, 0.5) is 5.69 Å². The number of aryl methyl sites for hydroxylation is 1. The van der Waals surface area contributed by atoms with E-state index in [0.717, 1.165) is 35.8 Å². The third kappa shape index (κ3) is 5.49. The molecule has 0 atom stereocenters. The predicted molar refractivity (Wildman–Crippen MR) is 121 cm³/mol. The van der Waals surface area contributed by atoms with Crippen LogP contribution in [0.15, 0.2) is 45.9 Å². The monoisotopic (exact) mass is 480 g/mol. The molecule has 3 rings (SSSR count). The fourth-order valence-electron chi connectivity index (χ4n) is 3.48. The highest BCUT2D eigenvalue weighted by Gasteiger charge is 2.26. The number of nitrogens with one attached hydrogen (secondary N) is 2. The van der Waals surface area contributed by atoms with Crippen LogP contribution in [0.25, 0.3) is 0 Å². The molecular formula is C21H29BrN4O2S. The molecule has 1 aromatic heterocycles. The van der Waals surface area contributed by atoms with Crippen molar-refractivity contribution < 1.29 is 8.42 Å². The van der Waals surface area contributed by atoms with Crippen LogP contribution in [-0.4, -0.2) is 24.7 Å². The summed E-state index contributed by atoms with van der Waals surface area (Å²) in [6.45, 7) is 2.94. The molecule has 2 N–H and O–H groups in total. The number of sulfonamides is 1. The molecule has 0 radical (unpaired) electrons. The van der Waals surface area contributed by atoms with Gasteiger partial charge in [0.05, 0.1) is 24.1 Å². The summed E-state index contributed by atoms with van der Waals surface area (Å²) in [6.07, 6.45) is 11.4. The molecule has 2 aromatic rings. The molecule has 0 amide bonds. The summed E-state index contributed by atoms with van der Waals surface area (Å²) in [7, 11) is -1.80. The van der Waals surface area contributed by atoms with Crippen LogP contribution >= 0.6 is 15.9 Å². The summed E-state index contributed by atoms with van der Waals surface area (Å²) in [5.41, 5.74) is 2.72. The van der Waals surface area contributed by atoms with E-state index in [-0.39, 0.29) is 11.4 Å². The number of halogens is 1. The molecule has 1 heterocycles.